The largest absolute Gasteiger partial charge is 0.355 e. The number of H-pyrrole nitrogens is 1. The third-order valence-electron chi connectivity index (χ3n) is 1.69. The van der Waals surface area contributed by atoms with Crippen molar-refractivity contribution in [2.75, 3.05) is 13.1 Å². The van der Waals surface area contributed by atoms with E-state index in [1.807, 2.05) is 5.38 Å². The summed E-state index contributed by atoms with van der Waals surface area (Å²) in [5, 5.41) is 7.98. The average Bonchev–Trinajstić information content (AvgIpc) is 2.71. The summed E-state index contributed by atoms with van der Waals surface area (Å²) in [5.41, 5.74) is 0.895. The summed E-state index contributed by atoms with van der Waals surface area (Å²) >= 11 is 1.18. The maximum Gasteiger partial charge on any atom is 0.304 e. The molecule has 1 aliphatic rings. The summed E-state index contributed by atoms with van der Waals surface area (Å²) in [6.45, 7) is 2.33. The SMILES string of the molecule is O=c1[nH]c(CNC2=NCCN2)cs1. The van der Waals surface area contributed by atoms with Gasteiger partial charge in [0.05, 0.1) is 13.1 Å². The number of hydrogen-bond acceptors (Lipinski definition) is 5. The van der Waals surface area contributed by atoms with Crippen molar-refractivity contribution in [1.29, 1.82) is 0 Å². The van der Waals surface area contributed by atoms with Crippen LogP contribution < -0.4 is 15.5 Å². The summed E-state index contributed by atoms with van der Waals surface area (Å²) in [5.74, 6) is 0.812. The van der Waals surface area contributed by atoms with Crippen LogP contribution in [0.25, 0.3) is 0 Å². The van der Waals surface area contributed by atoms with E-state index in [1.165, 1.54) is 11.3 Å². The molecule has 3 N–H and O–H groups in total. The van der Waals surface area contributed by atoms with Gasteiger partial charge in [0.15, 0.2) is 5.96 Å². The number of hydrogen-bond donors (Lipinski definition) is 3. The molecule has 1 aromatic rings. The highest BCUT2D eigenvalue weighted by Crippen LogP contribution is 1.94. The predicted octanol–water partition coefficient (Wildman–Crippen LogP) is -0.515. The molecule has 0 spiro atoms. The van der Waals surface area contributed by atoms with Crippen LogP contribution >= 0.6 is 11.3 Å². The van der Waals surface area contributed by atoms with E-state index in [0.717, 1.165) is 24.7 Å². The Morgan fingerprint density at radius 3 is 3.23 bits per heavy atom. The number of thiazole rings is 1. The molecule has 1 aliphatic heterocycles. The summed E-state index contributed by atoms with van der Waals surface area (Å²) in [6, 6.07) is 0. The van der Waals surface area contributed by atoms with E-state index in [1.54, 1.807) is 0 Å². The first-order valence-electron chi connectivity index (χ1n) is 4.03. The lowest BCUT2D eigenvalue weighted by Gasteiger charge is -2.03. The molecule has 0 saturated heterocycles. The molecule has 0 fully saturated rings. The van der Waals surface area contributed by atoms with E-state index in [2.05, 4.69) is 20.6 Å². The van der Waals surface area contributed by atoms with Crippen LogP contribution in [0.15, 0.2) is 15.2 Å². The van der Waals surface area contributed by atoms with Crippen molar-refractivity contribution in [3.63, 3.8) is 0 Å². The third kappa shape index (κ3) is 2.09. The second-order valence-electron chi connectivity index (χ2n) is 2.68. The predicted molar refractivity (Wildman–Crippen MR) is 52.1 cm³/mol. The van der Waals surface area contributed by atoms with E-state index in [0.29, 0.717) is 6.54 Å². The Labute approximate surface area is 78.9 Å². The summed E-state index contributed by atoms with van der Waals surface area (Å²) in [4.78, 5) is 17.6. The topological polar surface area (TPSA) is 69.3 Å². The van der Waals surface area contributed by atoms with E-state index in [-0.39, 0.29) is 4.87 Å². The van der Waals surface area contributed by atoms with Gasteiger partial charge < -0.3 is 15.6 Å². The minimum absolute atomic E-state index is 0.0156. The summed E-state index contributed by atoms with van der Waals surface area (Å²) in [6.07, 6.45) is 0. The van der Waals surface area contributed by atoms with Crippen molar-refractivity contribution in [3.8, 4) is 0 Å². The second kappa shape index (κ2) is 3.61. The molecule has 6 heteroatoms. The third-order valence-corrected chi connectivity index (χ3v) is 2.41. The van der Waals surface area contributed by atoms with Gasteiger partial charge in [-0.1, -0.05) is 11.3 Å². The van der Waals surface area contributed by atoms with Crippen molar-refractivity contribution in [3.05, 3.63) is 20.7 Å². The molecule has 5 nitrogen and oxygen atoms in total. The Morgan fingerprint density at radius 1 is 1.69 bits per heavy atom. The lowest BCUT2D eigenvalue weighted by molar-refractivity contribution is 0.844. The van der Waals surface area contributed by atoms with Crippen molar-refractivity contribution < 1.29 is 0 Å². The molecule has 0 amide bonds. The van der Waals surface area contributed by atoms with Gasteiger partial charge in [0.2, 0.25) is 0 Å². The van der Waals surface area contributed by atoms with Gasteiger partial charge in [0.25, 0.3) is 0 Å². The Balaban J connectivity index is 1.89. The fraction of sp³-hybridized carbons (Fsp3) is 0.429. The molecule has 0 radical (unpaired) electrons. The lowest BCUT2D eigenvalue weighted by atomic mass is 10.5. The summed E-state index contributed by atoms with van der Waals surface area (Å²) in [7, 11) is 0. The molecule has 1 aromatic heterocycles. The molecule has 2 heterocycles. The minimum atomic E-state index is -0.0156. The van der Waals surface area contributed by atoms with Gasteiger partial charge in [-0.05, 0) is 0 Å². The molecule has 0 atom stereocenters. The van der Waals surface area contributed by atoms with Crippen LogP contribution in [0, 0.1) is 0 Å². The molecular weight excluding hydrogens is 188 g/mol. The van der Waals surface area contributed by atoms with Crippen LogP contribution in [-0.2, 0) is 6.54 Å². The first-order chi connectivity index (χ1) is 6.34. The molecule has 2 rings (SSSR count). The standard InChI is InChI=1S/C7H10N4OS/c12-7-11-5(4-13-7)3-10-6-8-1-2-9-6/h4H,1-3H2,(H,11,12)(H2,8,9,10). The number of aliphatic imine (C=N–C) groups is 1. The zero-order valence-electron chi connectivity index (χ0n) is 6.96. The van der Waals surface area contributed by atoms with Gasteiger partial charge in [-0.25, -0.2) is 0 Å². The molecule has 0 unspecified atom stereocenters. The maximum atomic E-state index is 10.8. The average molecular weight is 198 g/mol. The van der Waals surface area contributed by atoms with E-state index in [4.69, 9.17) is 0 Å². The fourth-order valence-corrected chi connectivity index (χ4v) is 1.68. The van der Waals surface area contributed by atoms with E-state index >= 15 is 0 Å². The normalized spacial score (nSPS) is 15.2. The molecule has 0 aromatic carbocycles. The molecule has 0 aliphatic carbocycles. The molecule has 0 saturated carbocycles. The van der Waals surface area contributed by atoms with Crippen LogP contribution in [0.1, 0.15) is 5.69 Å². The van der Waals surface area contributed by atoms with Gasteiger partial charge in [-0.3, -0.25) is 9.79 Å². The van der Waals surface area contributed by atoms with Crippen molar-refractivity contribution in [2.24, 2.45) is 4.99 Å². The van der Waals surface area contributed by atoms with E-state index < -0.39 is 0 Å². The number of guanidine groups is 1. The highest BCUT2D eigenvalue weighted by molar-refractivity contribution is 7.07. The zero-order valence-corrected chi connectivity index (χ0v) is 7.78. The van der Waals surface area contributed by atoms with E-state index in [9.17, 15) is 4.79 Å². The Morgan fingerprint density at radius 2 is 2.62 bits per heavy atom. The van der Waals surface area contributed by atoms with Crippen LogP contribution in [0.4, 0.5) is 0 Å². The quantitative estimate of drug-likeness (QED) is 0.599. The second-order valence-corrected chi connectivity index (χ2v) is 3.53. The molecular formula is C7H10N4OS. The van der Waals surface area contributed by atoms with Gasteiger partial charge >= 0.3 is 4.87 Å². The van der Waals surface area contributed by atoms with Crippen LogP contribution in [-0.4, -0.2) is 24.0 Å². The number of rotatable bonds is 2. The number of aromatic nitrogens is 1. The minimum Gasteiger partial charge on any atom is -0.355 e. The number of nitrogens with zero attached hydrogens (tertiary/aromatic N) is 1. The van der Waals surface area contributed by atoms with Crippen molar-refractivity contribution >= 4 is 17.3 Å². The number of nitrogens with one attached hydrogen (secondary N) is 3. The first-order valence-corrected chi connectivity index (χ1v) is 4.91. The molecule has 70 valence electrons. The highest BCUT2D eigenvalue weighted by Gasteiger charge is 2.03. The smallest absolute Gasteiger partial charge is 0.304 e. The van der Waals surface area contributed by atoms with Crippen LogP contribution in [0.3, 0.4) is 0 Å². The highest BCUT2D eigenvalue weighted by atomic mass is 32.1. The Kier molecular flexibility index (Phi) is 2.31. The Bertz CT molecular complexity index is 367. The van der Waals surface area contributed by atoms with Crippen molar-refractivity contribution in [1.82, 2.24) is 15.6 Å². The maximum absolute atomic E-state index is 10.8. The van der Waals surface area contributed by atoms with Crippen LogP contribution in [0.2, 0.25) is 0 Å². The monoisotopic (exact) mass is 198 g/mol. The molecule has 0 bridgehead atoms. The zero-order chi connectivity index (χ0) is 9.10. The van der Waals surface area contributed by atoms with Gasteiger partial charge in [-0.15, -0.1) is 0 Å². The first kappa shape index (κ1) is 8.31. The fourth-order valence-electron chi connectivity index (χ4n) is 1.10. The van der Waals surface area contributed by atoms with Gasteiger partial charge in [0, 0.05) is 17.6 Å². The summed E-state index contributed by atoms with van der Waals surface area (Å²) < 4.78 is 0. The van der Waals surface area contributed by atoms with Gasteiger partial charge in [0.1, 0.15) is 0 Å². The Hall–Kier alpha value is -1.30. The number of aromatic amines is 1. The lowest BCUT2D eigenvalue weighted by Crippen LogP contribution is -2.33. The molecule has 13 heavy (non-hydrogen) atoms. The van der Waals surface area contributed by atoms with Gasteiger partial charge in [-0.2, -0.15) is 0 Å². The van der Waals surface area contributed by atoms with Crippen molar-refractivity contribution in [2.45, 2.75) is 6.54 Å². The van der Waals surface area contributed by atoms with Crippen LogP contribution in [0.5, 0.6) is 0 Å².